The number of fused-ring (bicyclic) bond motifs is 1. The Morgan fingerprint density at radius 1 is 1.26 bits per heavy atom. The van der Waals surface area contributed by atoms with E-state index in [1.807, 2.05) is 24.3 Å². The van der Waals surface area contributed by atoms with Crippen molar-refractivity contribution >= 4 is 55.0 Å². The zero-order valence-corrected chi connectivity index (χ0v) is 17.0. The summed E-state index contributed by atoms with van der Waals surface area (Å²) in [6.07, 6.45) is 6.11. The molecule has 2 atom stereocenters. The van der Waals surface area contributed by atoms with E-state index in [4.69, 9.17) is 5.73 Å². The van der Waals surface area contributed by atoms with Gasteiger partial charge >= 0.3 is 0 Å². The molecule has 0 radical (unpaired) electrons. The summed E-state index contributed by atoms with van der Waals surface area (Å²) in [5.41, 5.74) is 8.07. The summed E-state index contributed by atoms with van der Waals surface area (Å²) in [5.74, 6) is 0.465. The Bertz CT molecular complexity index is 976. The third kappa shape index (κ3) is 3.97. The molecule has 3 aromatic rings. The van der Waals surface area contributed by atoms with E-state index in [1.54, 1.807) is 11.6 Å². The molecular weight excluding hydrogens is 426 g/mol. The summed E-state index contributed by atoms with van der Waals surface area (Å²) < 4.78 is 0.831. The molecule has 1 aromatic carbocycles. The molecule has 0 spiro atoms. The monoisotopic (exact) mass is 445 g/mol. The maximum atomic E-state index is 12.8. The minimum Gasteiger partial charge on any atom is -0.364 e. The van der Waals surface area contributed by atoms with Crippen LogP contribution >= 0.6 is 27.3 Å². The Labute approximate surface area is 169 Å². The largest absolute Gasteiger partial charge is 0.364 e. The van der Waals surface area contributed by atoms with Crippen molar-refractivity contribution in [1.82, 2.24) is 9.97 Å². The number of anilines is 2. The van der Waals surface area contributed by atoms with E-state index in [-0.39, 0.29) is 18.0 Å². The lowest BCUT2D eigenvalue weighted by atomic mass is 9.91. The molecule has 27 heavy (non-hydrogen) atoms. The average molecular weight is 446 g/mol. The van der Waals surface area contributed by atoms with Crippen LogP contribution in [0.1, 0.15) is 36.0 Å². The van der Waals surface area contributed by atoms with Gasteiger partial charge in [0.1, 0.15) is 16.2 Å². The second-order valence-corrected chi connectivity index (χ2v) is 8.40. The zero-order valence-electron chi connectivity index (χ0n) is 14.6. The topological polar surface area (TPSA) is 92.9 Å². The van der Waals surface area contributed by atoms with E-state index in [9.17, 15) is 4.79 Å². The number of hydrogen-bond acceptors (Lipinski definition) is 6. The number of nitrogens with one attached hydrogen (secondary N) is 2. The van der Waals surface area contributed by atoms with Gasteiger partial charge in [0.15, 0.2) is 0 Å². The molecule has 0 saturated heterocycles. The standard InChI is InChI=1S/C19H20BrN5OS/c20-12-5-1-3-7-14(12)24-18(26)11-10-27-19-17(11)25-16(9-22-19)23-15-8-4-2-6-13(15)21/h1,3,5,7,9-10,13,15H,2,4,6,8,21H2,(H,23,25)(H,24,26)/t13-,15+/m0/s1. The molecular formula is C19H20BrN5OS. The maximum Gasteiger partial charge on any atom is 0.258 e. The minimum absolute atomic E-state index is 0.122. The summed E-state index contributed by atoms with van der Waals surface area (Å²) in [4.78, 5) is 22.6. The summed E-state index contributed by atoms with van der Waals surface area (Å²) in [5, 5.41) is 8.13. The third-order valence-electron chi connectivity index (χ3n) is 4.80. The first-order chi connectivity index (χ1) is 13.1. The summed E-state index contributed by atoms with van der Waals surface area (Å²) in [6, 6.07) is 7.83. The molecule has 140 valence electrons. The Morgan fingerprint density at radius 3 is 2.89 bits per heavy atom. The first-order valence-electron chi connectivity index (χ1n) is 8.94. The second-order valence-electron chi connectivity index (χ2n) is 6.69. The van der Waals surface area contributed by atoms with Crippen molar-refractivity contribution in [3.05, 3.63) is 45.9 Å². The van der Waals surface area contributed by atoms with Gasteiger partial charge in [-0.3, -0.25) is 4.79 Å². The lowest BCUT2D eigenvalue weighted by Crippen LogP contribution is -2.42. The fraction of sp³-hybridized carbons (Fsp3) is 0.316. The number of benzene rings is 1. The van der Waals surface area contributed by atoms with Gasteiger partial charge in [-0.2, -0.15) is 0 Å². The van der Waals surface area contributed by atoms with E-state index in [0.717, 1.165) is 27.8 Å². The van der Waals surface area contributed by atoms with Crippen LogP contribution in [0.15, 0.2) is 40.3 Å². The van der Waals surface area contributed by atoms with Crippen molar-refractivity contribution in [2.45, 2.75) is 37.8 Å². The van der Waals surface area contributed by atoms with Gasteiger partial charge in [-0.05, 0) is 40.9 Å². The van der Waals surface area contributed by atoms with Gasteiger partial charge in [0, 0.05) is 21.9 Å². The highest BCUT2D eigenvalue weighted by atomic mass is 79.9. The van der Waals surface area contributed by atoms with E-state index in [1.165, 1.54) is 24.2 Å². The zero-order chi connectivity index (χ0) is 18.8. The molecule has 4 N–H and O–H groups in total. The van der Waals surface area contributed by atoms with Crippen LogP contribution < -0.4 is 16.4 Å². The number of halogens is 1. The lowest BCUT2D eigenvalue weighted by Gasteiger charge is -2.29. The van der Waals surface area contributed by atoms with Gasteiger partial charge in [0.25, 0.3) is 5.91 Å². The molecule has 1 saturated carbocycles. The van der Waals surface area contributed by atoms with Gasteiger partial charge in [0.2, 0.25) is 0 Å². The quantitative estimate of drug-likeness (QED) is 0.553. The van der Waals surface area contributed by atoms with Crippen molar-refractivity contribution in [1.29, 1.82) is 0 Å². The summed E-state index contributed by atoms with van der Waals surface area (Å²) in [6.45, 7) is 0. The van der Waals surface area contributed by atoms with Crippen molar-refractivity contribution < 1.29 is 4.79 Å². The first-order valence-corrected chi connectivity index (χ1v) is 10.6. The molecule has 0 unspecified atom stereocenters. The summed E-state index contributed by atoms with van der Waals surface area (Å²) in [7, 11) is 0. The Hall–Kier alpha value is -2.03. The molecule has 8 heteroatoms. The van der Waals surface area contributed by atoms with Crippen LogP contribution in [0.5, 0.6) is 0 Å². The Balaban J connectivity index is 1.58. The number of hydrogen-bond donors (Lipinski definition) is 3. The van der Waals surface area contributed by atoms with Crippen molar-refractivity contribution in [2.75, 3.05) is 10.6 Å². The highest BCUT2D eigenvalue weighted by Crippen LogP contribution is 2.27. The van der Waals surface area contributed by atoms with Crippen LogP contribution in [0.25, 0.3) is 10.3 Å². The maximum absolute atomic E-state index is 12.8. The predicted octanol–water partition coefficient (Wildman–Crippen LogP) is 4.39. The van der Waals surface area contributed by atoms with Crippen LogP contribution in [-0.2, 0) is 0 Å². The number of carbonyl (C=O) groups is 1. The number of carbonyl (C=O) groups excluding carboxylic acids is 1. The van der Waals surface area contributed by atoms with Crippen LogP contribution in [-0.4, -0.2) is 28.0 Å². The predicted molar refractivity (Wildman–Crippen MR) is 113 cm³/mol. The number of nitrogens with zero attached hydrogens (tertiary/aromatic N) is 2. The normalized spacial score (nSPS) is 19.8. The third-order valence-corrected chi connectivity index (χ3v) is 6.37. The molecule has 1 aliphatic carbocycles. The lowest BCUT2D eigenvalue weighted by molar-refractivity contribution is 0.102. The van der Waals surface area contributed by atoms with E-state index in [0.29, 0.717) is 16.9 Å². The summed E-state index contributed by atoms with van der Waals surface area (Å²) >= 11 is 4.86. The van der Waals surface area contributed by atoms with Crippen LogP contribution in [0.3, 0.4) is 0 Å². The number of aromatic nitrogens is 2. The highest BCUT2D eigenvalue weighted by molar-refractivity contribution is 9.10. The number of rotatable bonds is 4. The van der Waals surface area contributed by atoms with Gasteiger partial charge in [0.05, 0.1) is 17.4 Å². The fourth-order valence-electron chi connectivity index (χ4n) is 3.32. The molecule has 1 aliphatic rings. The van der Waals surface area contributed by atoms with E-state index < -0.39 is 0 Å². The number of nitrogens with two attached hydrogens (primary N) is 1. The second kappa shape index (κ2) is 7.92. The van der Waals surface area contributed by atoms with Gasteiger partial charge < -0.3 is 16.4 Å². The molecule has 0 aliphatic heterocycles. The van der Waals surface area contributed by atoms with Crippen molar-refractivity contribution in [3.8, 4) is 0 Å². The molecule has 4 rings (SSSR count). The van der Waals surface area contributed by atoms with Crippen LogP contribution in [0.4, 0.5) is 11.5 Å². The van der Waals surface area contributed by atoms with Gasteiger partial charge in [-0.1, -0.05) is 25.0 Å². The van der Waals surface area contributed by atoms with Crippen molar-refractivity contribution in [2.24, 2.45) is 5.73 Å². The molecule has 1 amide bonds. The molecule has 6 nitrogen and oxygen atoms in total. The van der Waals surface area contributed by atoms with Crippen LogP contribution in [0.2, 0.25) is 0 Å². The first kappa shape index (κ1) is 18.3. The number of para-hydroxylation sites is 1. The Morgan fingerprint density at radius 2 is 2.07 bits per heavy atom. The SMILES string of the molecule is N[C@H]1CCCC[C@H]1Nc1cnc2scc(C(=O)Nc3ccccc3Br)c2n1. The van der Waals surface area contributed by atoms with Crippen molar-refractivity contribution in [3.63, 3.8) is 0 Å². The highest BCUT2D eigenvalue weighted by Gasteiger charge is 2.23. The van der Waals surface area contributed by atoms with E-state index >= 15 is 0 Å². The number of thiophene rings is 1. The van der Waals surface area contributed by atoms with Gasteiger partial charge in [-0.15, -0.1) is 11.3 Å². The molecule has 2 aromatic heterocycles. The smallest absolute Gasteiger partial charge is 0.258 e. The molecule has 0 bridgehead atoms. The van der Waals surface area contributed by atoms with E-state index in [2.05, 4.69) is 36.5 Å². The fourth-order valence-corrected chi connectivity index (χ4v) is 4.53. The average Bonchev–Trinajstić information content (AvgIpc) is 3.09. The molecule has 2 heterocycles. The van der Waals surface area contributed by atoms with Gasteiger partial charge in [-0.25, -0.2) is 9.97 Å². The number of amides is 1. The van der Waals surface area contributed by atoms with Crippen LogP contribution in [0, 0.1) is 0 Å². The Kier molecular flexibility index (Phi) is 5.38. The molecule has 1 fully saturated rings. The minimum atomic E-state index is -0.200.